The minimum absolute atomic E-state index is 0.124. The summed E-state index contributed by atoms with van der Waals surface area (Å²) in [6.45, 7) is 2.12. The summed E-state index contributed by atoms with van der Waals surface area (Å²) in [4.78, 5) is 12.6. The first-order valence-electron chi connectivity index (χ1n) is 7.91. The molecule has 0 fully saturated rings. The van der Waals surface area contributed by atoms with E-state index in [4.69, 9.17) is 0 Å². The van der Waals surface area contributed by atoms with Crippen LogP contribution in [-0.4, -0.2) is 5.78 Å². The molecule has 1 aliphatic rings. The Labute approximate surface area is 127 Å². The van der Waals surface area contributed by atoms with E-state index in [2.05, 4.69) is 55.5 Å². The minimum atomic E-state index is 0.124. The van der Waals surface area contributed by atoms with Crippen LogP contribution in [-0.2, 0) is 17.6 Å². The van der Waals surface area contributed by atoms with E-state index in [-0.39, 0.29) is 5.92 Å². The molecule has 1 heteroatoms. The molecule has 0 bridgehead atoms. The van der Waals surface area contributed by atoms with Gasteiger partial charge in [0.15, 0.2) is 0 Å². The van der Waals surface area contributed by atoms with E-state index in [9.17, 15) is 4.79 Å². The fourth-order valence-electron chi connectivity index (χ4n) is 3.41. The molecule has 0 spiro atoms. The third kappa shape index (κ3) is 3.07. The summed E-state index contributed by atoms with van der Waals surface area (Å²) in [5.74, 6) is 0.532. The van der Waals surface area contributed by atoms with Crippen molar-refractivity contribution in [3.8, 4) is 0 Å². The van der Waals surface area contributed by atoms with Crippen LogP contribution in [0.25, 0.3) is 0 Å². The predicted molar refractivity (Wildman–Crippen MR) is 86.6 cm³/mol. The van der Waals surface area contributed by atoms with E-state index in [0.717, 1.165) is 25.7 Å². The molecule has 0 aromatic heterocycles. The van der Waals surface area contributed by atoms with Crippen molar-refractivity contribution in [1.82, 2.24) is 0 Å². The van der Waals surface area contributed by atoms with Crippen LogP contribution in [0.1, 0.15) is 47.4 Å². The molecule has 21 heavy (non-hydrogen) atoms. The molecule has 0 saturated carbocycles. The molecule has 0 amide bonds. The lowest BCUT2D eigenvalue weighted by molar-refractivity contribution is -0.120. The lowest BCUT2D eigenvalue weighted by Crippen LogP contribution is -2.19. The monoisotopic (exact) mass is 278 g/mol. The second-order valence-electron chi connectivity index (χ2n) is 6.04. The number of aryl methyl sites for hydroxylation is 3. The molecule has 1 aliphatic carbocycles. The van der Waals surface area contributed by atoms with Gasteiger partial charge in [-0.1, -0.05) is 48.5 Å². The Bertz CT molecular complexity index is 642. The van der Waals surface area contributed by atoms with Crippen molar-refractivity contribution in [2.24, 2.45) is 0 Å². The number of carbonyl (C=O) groups excluding carboxylic acids is 1. The molecule has 2 aromatic carbocycles. The van der Waals surface area contributed by atoms with Crippen LogP contribution in [0.5, 0.6) is 0 Å². The number of carbonyl (C=O) groups is 1. The van der Waals surface area contributed by atoms with E-state index < -0.39 is 0 Å². The van der Waals surface area contributed by atoms with Gasteiger partial charge < -0.3 is 0 Å². The SMILES string of the molecule is Cc1ccccc1CCC(=O)C1CCCc2ccccc21. The fourth-order valence-corrected chi connectivity index (χ4v) is 3.41. The number of hydrogen-bond donors (Lipinski definition) is 0. The standard InChI is InChI=1S/C20H22O/c1-15-7-2-3-8-16(15)13-14-20(21)19-12-6-10-17-9-4-5-11-18(17)19/h2-5,7-9,11,19H,6,10,12-14H2,1H3. The molecule has 0 aliphatic heterocycles. The fraction of sp³-hybridized carbons (Fsp3) is 0.350. The molecular formula is C20H22O. The zero-order valence-electron chi connectivity index (χ0n) is 12.6. The summed E-state index contributed by atoms with van der Waals surface area (Å²) >= 11 is 0. The highest BCUT2D eigenvalue weighted by atomic mass is 16.1. The van der Waals surface area contributed by atoms with Crippen LogP contribution in [0.3, 0.4) is 0 Å². The lowest BCUT2D eigenvalue weighted by atomic mass is 9.79. The third-order valence-corrected chi connectivity index (χ3v) is 4.66. The van der Waals surface area contributed by atoms with Gasteiger partial charge in [0.25, 0.3) is 0 Å². The average Bonchev–Trinajstić information content (AvgIpc) is 2.53. The number of benzene rings is 2. The quantitative estimate of drug-likeness (QED) is 0.797. The van der Waals surface area contributed by atoms with E-state index in [1.807, 2.05) is 0 Å². The number of hydrogen-bond acceptors (Lipinski definition) is 1. The molecule has 0 saturated heterocycles. The van der Waals surface area contributed by atoms with Crippen LogP contribution in [0.2, 0.25) is 0 Å². The normalized spacial score (nSPS) is 17.3. The third-order valence-electron chi connectivity index (χ3n) is 4.66. The summed E-state index contributed by atoms with van der Waals surface area (Å²) in [5.41, 5.74) is 5.24. The molecule has 3 rings (SSSR count). The van der Waals surface area contributed by atoms with Gasteiger partial charge in [-0.25, -0.2) is 0 Å². The van der Waals surface area contributed by atoms with Gasteiger partial charge >= 0.3 is 0 Å². The molecule has 1 atom stereocenters. The molecule has 108 valence electrons. The Morgan fingerprint density at radius 1 is 1.10 bits per heavy atom. The number of fused-ring (bicyclic) bond motifs is 1. The maximum atomic E-state index is 12.6. The second-order valence-corrected chi connectivity index (χ2v) is 6.04. The van der Waals surface area contributed by atoms with Gasteiger partial charge in [0.05, 0.1) is 0 Å². The van der Waals surface area contributed by atoms with Crippen molar-refractivity contribution >= 4 is 5.78 Å². The summed E-state index contributed by atoms with van der Waals surface area (Å²) in [6, 6.07) is 16.8. The Morgan fingerprint density at radius 3 is 2.71 bits per heavy atom. The molecule has 1 nitrogen and oxygen atoms in total. The van der Waals surface area contributed by atoms with Gasteiger partial charge in [0.2, 0.25) is 0 Å². The van der Waals surface area contributed by atoms with Gasteiger partial charge in [-0.05, 0) is 54.9 Å². The van der Waals surface area contributed by atoms with Crippen LogP contribution < -0.4 is 0 Å². The van der Waals surface area contributed by atoms with Crippen LogP contribution in [0.15, 0.2) is 48.5 Å². The zero-order chi connectivity index (χ0) is 14.7. The second kappa shape index (κ2) is 6.26. The average molecular weight is 278 g/mol. The van der Waals surface area contributed by atoms with Crippen molar-refractivity contribution in [1.29, 1.82) is 0 Å². The lowest BCUT2D eigenvalue weighted by Gasteiger charge is -2.24. The Morgan fingerprint density at radius 2 is 1.86 bits per heavy atom. The van der Waals surface area contributed by atoms with Gasteiger partial charge in [0.1, 0.15) is 5.78 Å². The summed E-state index contributed by atoms with van der Waals surface area (Å²) < 4.78 is 0. The molecule has 1 unspecified atom stereocenters. The zero-order valence-corrected chi connectivity index (χ0v) is 12.6. The van der Waals surface area contributed by atoms with Gasteiger partial charge in [0, 0.05) is 12.3 Å². The van der Waals surface area contributed by atoms with E-state index >= 15 is 0 Å². The Balaban J connectivity index is 1.71. The molecular weight excluding hydrogens is 256 g/mol. The topological polar surface area (TPSA) is 17.1 Å². The summed E-state index contributed by atoms with van der Waals surface area (Å²) in [7, 11) is 0. The molecule has 2 aromatic rings. The number of ketones is 1. The summed E-state index contributed by atoms with van der Waals surface area (Å²) in [6.07, 6.45) is 4.80. The smallest absolute Gasteiger partial charge is 0.140 e. The predicted octanol–water partition coefficient (Wildman–Crippen LogP) is 4.62. The highest BCUT2D eigenvalue weighted by Crippen LogP contribution is 2.33. The van der Waals surface area contributed by atoms with E-state index in [0.29, 0.717) is 12.2 Å². The van der Waals surface area contributed by atoms with Crippen molar-refractivity contribution in [2.45, 2.75) is 44.9 Å². The van der Waals surface area contributed by atoms with Crippen LogP contribution >= 0.6 is 0 Å². The first-order valence-corrected chi connectivity index (χ1v) is 7.91. The van der Waals surface area contributed by atoms with Crippen LogP contribution in [0.4, 0.5) is 0 Å². The van der Waals surface area contributed by atoms with Crippen molar-refractivity contribution in [3.05, 3.63) is 70.8 Å². The summed E-state index contributed by atoms with van der Waals surface area (Å²) in [5, 5.41) is 0. The van der Waals surface area contributed by atoms with Crippen molar-refractivity contribution in [2.75, 3.05) is 0 Å². The first kappa shape index (κ1) is 14.1. The number of rotatable bonds is 4. The largest absolute Gasteiger partial charge is 0.299 e. The van der Waals surface area contributed by atoms with Gasteiger partial charge in [-0.2, -0.15) is 0 Å². The highest BCUT2D eigenvalue weighted by molar-refractivity contribution is 5.86. The van der Waals surface area contributed by atoms with Crippen molar-refractivity contribution < 1.29 is 4.79 Å². The van der Waals surface area contributed by atoms with Gasteiger partial charge in [-0.15, -0.1) is 0 Å². The Hall–Kier alpha value is -1.89. The first-order chi connectivity index (χ1) is 10.3. The van der Waals surface area contributed by atoms with E-state index in [1.165, 1.54) is 22.3 Å². The maximum absolute atomic E-state index is 12.6. The minimum Gasteiger partial charge on any atom is -0.299 e. The molecule has 0 heterocycles. The maximum Gasteiger partial charge on any atom is 0.140 e. The van der Waals surface area contributed by atoms with Crippen LogP contribution in [0, 0.1) is 6.92 Å². The van der Waals surface area contributed by atoms with E-state index in [1.54, 1.807) is 0 Å². The molecule has 0 N–H and O–H groups in total. The van der Waals surface area contributed by atoms with Gasteiger partial charge in [-0.3, -0.25) is 4.79 Å². The molecule has 0 radical (unpaired) electrons. The van der Waals surface area contributed by atoms with Crippen molar-refractivity contribution in [3.63, 3.8) is 0 Å². The highest BCUT2D eigenvalue weighted by Gasteiger charge is 2.25. The number of Topliss-reactive ketones (excluding diaryl/α,β-unsaturated/α-hetero) is 1. The Kier molecular flexibility index (Phi) is 4.19.